The molecule has 3 fully saturated rings. The molecule has 0 N–H and O–H groups in total. The van der Waals surface area contributed by atoms with E-state index >= 15 is 0 Å². The van der Waals surface area contributed by atoms with Crippen LogP contribution < -0.4 is 14.2 Å². The number of hydrogen-bond donors (Lipinski definition) is 0. The highest BCUT2D eigenvalue weighted by Crippen LogP contribution is 2.44. The van der Waals surface area contributed by atoms with Crippen LogP contribution in [0.1, 0.15) is 61.0 Å². The van der Waals surface area contributed by atoms with E-state index in [-0.39, 0.29) is 36.3 Å². The van der Waals surface area contributed by atoms with Crippen LogP contribution in [0, 0.1) is 0 Å². The van der Waals surface area contributed by atoms with Gasteiger partial charge in [0.25, 0.3) is 11.8 Å². The van der Waals surface area contributed by atoms with Crippen molar-refractivity contribution in [1.82, 2.24) is 24.5 Å². The number of amides is 3. The van der Waals surface area contributed by atoms with E-state index in [1.54, 1.807) is 17.0 Å². The van der Waals surface area contributed by atoms with E-state index in [1.807, 2.05) is 64.9 Å². The van der Waals surface area contributed by atoms with Crippen molar-refractivity contribution in [2.45, 2.75) is 50.4 Å². The maximum Gasteiger partial charge on any atom is 0.320 e. The lowest BCUT2D eigenvalue weighted by Crippen LogP contribution is -2.58. The molecule has 1 atom stereocenters. The number of likely N-dealkylation sites (tertiary alicyclic amines) is 2. The van der Waals surface area contributed by atoms with E-state index in [1.165, 1.54) is 21.3 Å². The monoisotopic (exact) mass is 879 g/mol. The number of benzene rings is 3. The Morgan fingerprint density at radius 3 is 1.95 bits per heavy atom. The van der Waals surface area contributed by atoms with E-state index in [4.69, 9.17) is 42.1 Å². The highest BCUT2D eigenvalue weighted by Gasteiger charge is 2.47. The maximum atomic E-state index is 14.7. The number of piperazine rings is 1. The average molecular weight is 881 g/mol. The molecular formula is C46H59Cl2N5O8. The predicted molar refractivity (Wildman–Crippen MR) is 235 cm³/mol. The molecule has 3 aromatic rings. The lowest BCUT2D eigenvalue weighted by atomic mass is 9.71. The van der Waals surface area contributed by atoms with Gasteiger partial charge in [0, 0.05) is 63.3 Å². The first kappa shape index (κ1) is 46.0. The highest BCUT2D eigenvalue weighted by molar-refractivity contribution is 6.42. The first-order chi connectivity index (χ1) is 29.4. The molecule has 0 radical (unpaired) electrons. The number of nitrogens with zero attached hydrogens (tertiary/aromatic N) is 5. The van der Waals surface area contributed by atoms with Gasteiger partial charge in [-0.2, -0.15) is 0 Å². The Labute approximate surface area is 369 Å². The molecule has 0 aromatic heterocycles. The number of rotatable bonds is 16. The second-order valence-corrected chi connectivity index (χ2v) is 16.9. The number of carbonyl (C=O) groups excluding carboxylic acids is 4. The van der Waals surface area contributed by atoms with Crippen molar-refractivity contribution in [2.24, 2.45) is 0 Å². The number of carbonyl (C=O) groups is 4. The van der Waals surface area contributed by atoms with Crippen LogP contribution in [0.4, 0.5) is 0 Å². The summed E-state index contributed by atoms with van der Waals surface area (Å²) in [7, 11) is 4.59. The molecule has 3 amide bonds. The van der Waals surface area contributed by atoms with E-state index in [0.29, 0.717) is 98.1 Å². The summed E-state index contributed by atoms with van der Waals surface area (Å²) < 4.78 is 21.9. The zero-order chi connectivity index (χ0) is 43.7. The molecule has 0 spiro atoms. The molecule has 3 aliphatic rings. The fraction of sp³-hybridized carbons (Fsp3) is 0.522. The molecule has 0 unspecified atom stereocenters. The molecule has 6 rings (SSSR count). The van der Waals surface area contributed by atoms with Crippen molar-refractivity contribution >= 4 is 46.9 Å². The van der Waals surface area contributed by atoms with Gasteiger partial charge < -0.3 is 38.5 Å². The quantitative estimate of drug-likeness (QED) is 0.164. The van der Waals surface area contributed by atoms with Crippen LogP contribution in [0.5, 0.6) is 17.2 Å². The fourth-order valence-corrected chi connectivity index (χ4v) is 9.50. The van der Waals surface area contributed by atoms with Crippen LogP contribution in [0.25, 0.3) is 0 Å². The van der Waals surface area contributed by atoms with E-state index in [0.717, 1.165) is 43.6 Å². The van der Waals surface area contributed by atoms with Gasteiger partial charge in [0.1, 0.15) is 0 Å². The molecule has 0 bridgehead atoms. The Hall–Kier alpha value is -4.56. The lowest BCUT2D eigenvalue weighted by Gasteiger charge is -2.46. The normalized spacial score (nSPS) is 19.3. The molecule has 0 aliphatic carbocycles. The van der Waals surface area contributed by atoms with Crippen molar-refractivity contribution in [3.8, 4) is 17.2 Å². The predicted octanol–water partition coefficient (Wildman–Crippen LogP) is 5.78. The maximum absolute atomic E-state index is 14.7. The van der Waals surface area contributed by atoms with Gasteiger partial charge in [-0.15, -0.1) is 0 Å². The van der Waals surface area contributed by atoms with Crippen LogP contribution in [-0.4, -0.2) is 155 Å². The van der Waals surface area contributed by atoms with Gasteiger partial charge in [-0.25, -0.2) is 0 Å². The highest BCUT2D eigenvalue weighted by atomic mass is 35.5. The summed E-state index contributed by atoms with van der Waals surface area (Å²) >= 11 is 13.0. The Balaban J connectivity index is 1.12. The summed E-state index contributed by atoms with van der Waals surface area (Å²) in [4.78, 5) is 63.6. The third-order valence-corrected chi connectivity index (χ3v) is 13.7. The molecule has 3 aromatic carbocycles. The van der Waals surface area contributed by atoms with Gasteiger partial charge in [0.05, 0.1) is 43.3 Å². The molecule has 0 saturated carbocycles. The minimum absolute atomic E-state index is 0.0764. The summed E-state index contributed by atoms with van der Waals surface area (Å²) in [6, 6.07) is 19.3. The third kappa shape index (κ3) is 10.2. The molecule has 330 valence electrons. The Bertz CT molecular complexity index is 1990. The Kier molecular flexibility index (Phi) is 15.5. The second kappa shape index (κ2) is 20.5. The average Bonchev–Trinajstić information content (AvgIpc) is 3.74. The number of halogens is 2. The summed E-state index contributed by atoms with van der Waals surface area (Å²) in [5.41, 5.74) is 1.44. The van der Waals surface area contributed by atoms with E-state index in [2.05, 4.69) is 17.0 Å². The largest absolute Gasteiger partial charge is 0.493 e. The Morgan fingerprint density at radius 2 is 1.36 bits per heavy atom. The van der Waals surface area contributed by atoms with Gasteiger partial charge >= 0.3 is 5.97 Å². The van der Waals surface area contributed by atoms with Crippen molar-refractivity contribution in [1.29, 1.82) is 0 Å². The summed E-state index contributed by atoms with van der Waals surface area (Å²) in [6.45, 7) is 10.1. The summed E-state index contributed by atoms with van der Waals surface area (Å²) in [6.07, 6.45) is 2.83. The number of esters is 1. The SMILES string of the molecule is CCN(CC)C(=O)COC(=O)CN1CCN(C(=O)C2(c3ccccc3)CCN(CC[C@]3(c4ccc(Cl)c(Cl)c4)CCN(C(=O)c4cc(OC)c(OC)c(OC)c4)C3)CC2)CC1. The van der Waals surface area contributed by atoms with Crippen LogP contribution in [-0.2, 0) is 30.0 Å². The minimum atomic E-state index is -0.678. The first-order valence-corrected chi connectivity index (χ1v) is 21.9. The first-order valence-electron chi connectivity index (χ1n) is 21.2. The Morgan fingerprint density at radius 1 is 0.705 bits per heavy atom. The number of likely N-dealkylation sites (N-methyl/N-ethyl adjacent to an activating group) is 1. The van der Waals surface area contributed by atoms with Crippen LogP contribution in [0.2, 0.25) is 10.0 Å². The number of ether oxygens (including phenoxy) is 4. The molecule has 3 heterocycles. The number of piperidine rings is 1. The minimum Gasteiger partial charge on any atom is -0.493 e. The van der Waals surface area contributed by atoms with Gasteiger partial charge in [0.2, 0.25) is 11.7 Å². The van der Waals surface area contributed by atoms with Crippen LogP contribution >= 0.6 is 23.2 Å². The van der Waals surface area contributed by atoms with Crippen LogP contribution in [0.15, 0.2) is 60.7 Å². The number of methoxy groups -OCH3 is 3. The zero-order valence-corrected chi connectivity index (χ0v) is 37.6. The molecule has 61 heavy (non-hydrogen) atoms. The van der Waals surface area contributed by atoms with Crippen LogP contribution in [0.3, 0.4) is 0 Å². The smallest absolute Gasteiger partial charge is 0.320 e. The third-order valence-electron chi connectivity index (χ3n) is 12.9. The molecule has 3 saturated heterocycles. The summed E-state index contributed by atoms with van der Waals surface area (Å²) in [5, 5.41) is 0.949. The molecular weight excluding hydrogens is 821 g/mol. The topological polar surface area (TPSA) is 121 Å². The van der Waals surface area contributed by atoms with Crippen molar-refractivity contribution in [3.05, 3.63) is 87.4 Å². The van der Waals surface area contributed by atoms with E-state index < -0.39 is 11.4 Å². The lowest BCUT2D eigenvalue weighted by molar-refractivity contribution is -0.153. The van der Waals surface area contributed by atoms with Crippen molar-refractivity contribution in [3.63, 3.8) is 0 Å². The second-order valence-electron chi connectivity index (χ2n) is 16.1. The summed E-state index contributed by atoms with van der Waals surface area (Å²) in [5.74, 6) is 0.592. The van der Waals surface area contributed by atoms with Crippen molar-refractivity contribution < 1.29 is 38.1 Å². The zero-order valence-electron chi connectivity index (χ0n) is 36.1. The molecule has 15 heteroatoms. The van der Waals surface area contributed by atoms with Crippen molar-refractivity contribution in [2.75, 3.05) is 106 Å². The number of hydrogen-bond acceptors (Lipinski definition) is 10. The van der Waals surface area contributed by atoms with Gasteiger partial charge in [-0.1, -0.05) is 59.6 Å². The van der Waals surface area contributed by atoms with Gasteiger partial charge in [-0.05, 0) is 94.6 Å². The molecule has 13 nitrogen and oxygen atoms in total. The van der Waals surface area contributed by atoms with Gasteiger partial charge in [0.15, 0.2) is 18.1 Å². The van der Waals surface area contributed by atoms with Gasteiger partial charge in [-0.3, -0.25) is 24.1 Å². The molecule has 3 aliphatic heterocycles. The standard InChI is InChI=1S/C46H59Cl2N5O8/c1-6-51(7-2)40(54)31-61-41(55)30-50-23-25-52(26-24-50)44(57)46(34-11-9-8-10-12-34)17-20-49(21-18-46)19-15-45(35-13-14-36(47)37(48)29-35)16-22-53(32-45)43(56)33-27-38(58-3)42(60-5)39(28-33)59-4/h8-14,27-29H,6-7,15-26,30-32H2,1-5H3/t45-/m0/s1. The fourth-order valence-electron chi connectivity index (χ4n) is 9.21. The van der Waals surface area contributed by atoms with E-state index in [9.17, 15) is 19.2 Å².